The minimum Gasteiger partial charge on any atom is -0.372 e. The van der Waals surface area contributed by atoms with Crippen molar-refractivity contribution >= 4 is 5.91 Å². The van der Waals surface area contributed by atoms with E-state index in [1.165, 1.54) is 0 Å². The first kappa shape index (κ1) is 12.5. The van der Waals surface area contributed by atoms with Gasteiger partial charge >= 0.3 is 0 Å². The van der Waals surface area contributed by atoms with Gasteiger partial charge in [0.2, 0.25) is 0 Å². The lowest BCUT2D eigenvalue weighted by Gasteiger charge is -2.39. The molecule has 0 aromatic carbocycles. The first-order valence-corrected chi connectivity index (χ1v) is 5.66. The molecule has 1 amide bonds. The summed E-state index contributed by atoms with van der Waals surface area (Å²) in [5.41, 5.74) is 0. The zero-order valence-corrected chi connectivity index (χ0v) is 10.1. The topological polar surface area (TPSA) is 41.6 Å². The van der Waals surface area contributed by atoms with Crippen LogP contribution in [0.2, 0.25) is 0 Å². The van der Waals surface area contributed by atoms with Crippen molar-refractivity contribution in [3.05, 3.63) is 0 Å². The number of carbonyl (C=O) groups is 1. The summed E-state index contributed by atoms with van der Waals surface area (Å²) in [6.45, 7) is 7.79. The fourth-order valence-electron chi connectivity index (χ4n) is 1.96. The molecule has 3 atom stereocenters. The molecule has 0 aromatic heterocycles. The molecule has 0 spiro atoms. The van der Waals surface area contributed by atoms with Gasteiger partial charge in [-0.15, -0.1) is 0 Å². The fraction of sp³-hybridized carbons (Fsp3) is 0.909. The third-order valence-corrected chi connectivity index (χ3v) is 2.98. The maximum atomic E-state index is 12.1. The Morgan fingerprint density at radius 1 is 1.60 bits per heavy atom. The molecule has 15 heavy (non-hydrogen) atoms. The maximum absolute atomic E-state index is 12.1. The summed E-state index contributed by atoms with van der Waals surface area (Å²) in [5.74, 6) is 0.126. The molecule has 88 valence electrons. The van der Waals surface area contributed by atoms with Crippen LogP contribution >= 0.6 is 0 Å². The van der Waals surface area contributed by atoms with Crippen LogP contribution < -0.4 is 5.32 Å². The minimum absolute atomic E-state index is 0.126. The Morgan fingerprint density at radius 2 is 2.27 bits per heavy atom. The van der Waals surface area contributed by atoms with Gasteiger partial charge in [0.05, 0.1) is 0 Å². The van der Waals surface area contributed by atoms with E-state index in [9.17, 15) is 4.79 Å². The van der Waals surface area contributed by atoms with Gasteiger partial charge < -0.3 is 15.0 Å². The van der Waals surface area contributed by atoms with E-state index in [-0.39, 0.29) is 18.1 Å². The average molecular weight is 214 g/mol. The van der Waals surface area contributed by atoms with E-state index in [0.29, 0.717) is 6.04 Å². The molecular formula is C11H22N2O2. The molecule has 0 bridgehead atoms. The molecule has 1 heterocycles. The molecule has 1 saturated heterocycles. The van der Waals surface area contributed by atoms with Crippen molar-refractivity contribution in [2.45, 2.75) is 45.4 Å². The first-order valence-electron chi connectivity index (χ1n) is 5.66. The van der Waals surface area contributed by atoms with Crippen LogP contribution in [0.4, 0.5) is 0 Å². The third kappa shape index (κ3) is 2.92. The van der Waals surface area contributed by atoms with Crippen molar-refractivity contribution in [3.63, 3.8) is 0 Å². The first-order chi connectivity index (χ1) is 7.10. The zero-order valence-electron chi connectivity index (χ0n) is 10.1. The lowest BCUT2D eigenvalue weighted by atomic mass is 10.1. The number of amides is 1. The van der Waals surface area contributed by atoms with Crippen molar-refractivity contribution in [2.75, 3.05) is 20.2 Å². The Bertz CT molecular complexity index is 217. The van der Waals surface area contributed by atoms with Gasteiger partial charge in [-0.1, -0.05) is 6.92 Å². The van der Waals surface area contributed by atoms with Gasteiger partial charge in [0.1, 0.15) is 6.10 Å². The van der Waals surface area contributed by atoms with Crippen molar-refractivity contribution in [1.82, 2.24) is 10.2 Å². The number of hydrogen-bond donors (Lipinski definition) is 1. The van der Waals surface area contributed by atoms with E-state index in [1.807, 2.05) is 11.8 Å². The number of ether oxygens (including phenoxy) is 1. The number of piperazine rings is 1. The molecule has 4 heteroatoms. The zero-order chi connectivity index (χ0) is 11.4. The summed E-state index contributed by atoms with van der Waals surface area (Å²) in [5, 5.41) is 3.36. The lowest BCUT2D eigenvalue weighted by Crippen LogP contribution is -2.58. The fourth-order valence-corrected chi connectivity index (χ4v) is 1.96. The summed E-state index contributed by atoms with van der Waals surface area (Å²) in [6.07, 6.45) is 0.457. The highest BCUT2D eigenvalue weighted by Gasteiger charge is 2.30. The van der Waals surface area contributed by atoms with Crippen LogP contribution in [0.25, 0.3) is 0 Å². The van der Waals surface area contributed by atoms with Crippen LogP contribution in [-0.4, -0.2) is 49.2 Å². The second kappa shape index (κ2) is 5.47. The van der Waals surface area contributed by atoms with E-state index in [2.05, 4.69) is 19.2 Å². The number of methoxy groups -OCH3 is 1. The summed E-state index contributed by atoms with van der Waals surface area (Å²) >= 11 is 0. The number of nitrogens with one attached hydrogen (secondary N) is 1. The van der Waals surface area contributed by atoms with Gasteiger partial charge in [-0.2, -0.15) is 0 Å². The summed E-state index contributed by atoms with van der Waals surface area (Å²) in [7, 11) is 1.60. The molecule has 1 aliphatic rings. The monoisotopic (exact) mass is 214 g/mol. The maximum Gasteiger partial charge on any atom is 0.252 e. The Kier molecular flexibility index (Phi) is 4.54. The number of carbonyl (C=O) groups excluding carboxylic acids is 1. The molecule has 1 rings (SSSR count). The van der Waals surface area contributed by atoms with Crippen LogP contribution in [0.1, 0.15) is 27.2 Å². The SMILES string of the molecule is CCC(OC)C(=O)N1CC(C)NCC1C. The van der Waals surface area contributed by atoms with Gasteiger partial charge in [-0.05, 0) is 20.3 Å². The number of nitrogens with zero attached hydrogens (tertiary/aromatic N) is 1. The van der Waals surface area contributed by atoms with E-state index >= 15 is 0 Å². The molecule has 0 aromatic rings. The van der Waals surface area contributed by atoms with Gasteiger partial charge in [0, 0.05) is 32.3 Å². The minimum atomic E-state index is -0.280. The molecule has 0 aliphatic carbocycles. The predicted molar refractivity (Wildman–Crippen MR) is 59.7 cm³/mol. The van der Waals surface area contributed by atoms with Crippen molar-refractivity contribution in [1.29, 1.82) is 0 Å². The molecular weight excluding hydrogens is 192 g/mol. The Labute approximate surface area is 92.0 Å². The van der Waals surface area contributed by atoms with Crippen molar-refractivity contribution < 1.29 is 9.53 Å². The molecule has 4 nitrogen and oxygen atoms in total. The van der Waals surface area contributed by atoms with Gasteiger partial charge in [-0.3, -0.25) is 4.79 Å². The van der Waals surface area contributed by atoms with Crippen LogP contribution in [0, 0.1) is 0 Å². The second-order valence-electron chi connectivity index (χ2n) is 4.28. The smallest absolute Gasteiger partial charge is 0.252 e. The standard InChI is InChI=1S/C11H22N2O2/c1-5-10(15-4)11(14)13-7-8(2)12-6-9(13)3/h8-10,12H,5-7H2,1-4H3. The predicted octanol–water partition coefficient (Wildman–Crippen LogP) is 0.620. The highest BCUT2D eigenvalue weighted by atomic mass is 16.5. The summed E-state index contributed by atoms with van der Waals surface area (Å²) in [6, 6.07) is 0.636. The number of rotatable bonds is 3. The highest BCUT2D eigenvalue weighted by Crippen LogP contribution is 2.11. The van der Waals surface area contributed by atoms with E-state index in [4.69, 9.17) is 4.74 Å². The van der Waals surface area contributed by atoms with Gasteiger partial charge in [-0.25, -0.2) is 0 Å². The van der Waals surface area contributed by atoms with Gasteiger partial charge in [0.15, 0.2) is 0 Å². The second-order valence-corrected chi connectivity index (χ2v) is 4.28. The molecule has 0 radical (unpaired) electrons. The van der Waals surface area contributed by atoms with Crippen molar-refractivity contribution in [2.24, 2.45) is 0 Å². The Hall–Kier alpha value is -0.610. The number of hydrogen-bond acceptors (Lipinski definition) is 3. The van der Waals surface area contributed by atoms with E-state index < -0.39 is 0 Å². The molecule has 1 aliphatic heterocycles. The van der Waals surface area contributed by atoms with Crippen LogP contribution in [0.3, 0.4) is 0 Å². The average Bonchev–Trinajstić information content (AvgIpc) is 2.23. The quantitative estimate of drug-likeness (QED) is 0.749. The van der Waals surface area contributed by atoms with Crippen LogP contribution in [0.15, 0.2) is 0 Å². The Morgan fingerprint density at radius 3 is 2.80 bits per heavy atom. The molecule has 1 fully saturated rings. The lowest BCUT2D eigenvalue weighted by molar-refractivity contribution is -0.145. The van der Waals surface area contributed by atoms with Crippen molar-refractivity contribution in [3.8, 4) is 0 Å². The highest BCUT2D eigenvalue weighted by molar-refractivity contribution is 5.81. The van der Waals surface area contributed by atoms with Gasteiger partial charge in [0.25, 0.3) is 5.91 Å². The van der Waals surface area contributed by atoms with Crippen LogP contribution in [-0.2, 0) is 9.53 Å². The van der Waals surface area contributed by atoms with E-state index in [0.717, 1.165) is 19.5 Å². The molecule has 0 saturated carbocycles. The van der Waals surface area contributed by atoms with E-state index in [1.54, 1.807) is 7.11 Å². The molecule has 3 unspecified atom stereocenters. The van der Waals surface area contributed by atoms with Crippen LogP contribution in [0.5, 0.6) is 0 Å². The normalized spacial score (nSPS) is 28.9. The molecule has 1 N–H and O–H groups in total. The largest absolute Gasteiger partial charge is 0.372 e. The summed E-state index contributed by atoms with van der Waals surface area (Å²) < 4.78 is 5.19. The summed E-state index contributed by atoms with van der Waals surface area (Å²) in [4.78, 5) is 14.0. The Balaban J connectivity index is 2.63. The third-order valence-electron chi connectivity index (χ3n) is 2.98.